The summed E-state index contributed by atoms with van der Waals surface area (Å²) in [6, 6.07) is 14.2. The molecule has 26 heavy (non-hydrogen) atoms. The highest BCUT2D eigenvalue weighted by atomic mass is 19.1. The predicted octanol–water partition coefficient (Wildman–Crippen LogP) is 3.01. The number of nitrogens with zero attached hydrogens (tertiary/aromatic N) is 4. The van der Waals surface area contributed by atoms with Crippen molar-refractivity contribution in [3.63, 3.8) is 0 Å². The zero-order valence-corrected chi connectivity index (χ0v) is 14.4. The molecule has 1 aliphatic rings. The Morgan fingerprint density at radius 2 is 1.92 bits per heavy atom. The molecule has 1 atom stereocenters. The van der Waals surface area contributed by atoms with Crippen LogP contribution in [0.25, 0.3) is 0 Å². The zero-order chi connectivity index (χ0) is 17.9. The summed E-state index contributed by atoms with van der Waals surface area (Å²) in [6.45, 7) is 1.94. The molecule has 1 aromatic heterocycles. The van der Waals surface area contributed by atoms with Gasteiger partial charge < -0.3 is 14.4 Å². The monoisotopic (exact) mass is 354 g/mol. The van der Waals surface area contributed by atoms with E-state index in [4.69, 9.17) is 9.47 Å². The van der Waals surface area contributed by atoms with E-state index in [9.17, 15) is 4.39 Å². The molecule has 4 rings (SSSR count). The Morgan fingerprint density at radius 1 is 1.15 bits per heavy atom. The van der Waals surface area contributed by atoms with Gasteiger partial charge in [-0.2, -0.15) is 0 Å². The van der Waals surface area contributed by atoms with E-state index >= 15 is 0 Å². The number of halogens is 1. The molecule has 0 N–H and O–H groups in total. The lowest BCUT2D eigenvalue weighted by atomic mass is 10.2. The van der Waals surface area contributed by atoms with Crippen molar-refractivity contribution in [3.05, 3.63) is 71.8 Å². The Hall–Kier alpha value is -2.93. The number of aromatic nitrogens is 3. The molecule has 0 saturated carbocycles. The lowest BCUT2D eigenvalue weighted by Gasteiger charge is -2.23. The minimum atomic E-state index is -0.273. The van der Waals surface area contributed by atoms with Crippen molar-refractivity contribution in [3.8, 4) is 5.75 Å². The van der Waals surface area contributed by atoms with Crippen molar-refractivity contribution in [1.82, 2.24) is 15.0 Å². The number of hydrogen-bond acceptors (Lipinski definition) is 5. The zero-order valence-electron chi connectivity index (χ0n) is 14.4. The van der Waals surface area contributed by atoms with Crippen molar-refractivity contribution >= 4 is 5.69 Å². The lowest BCUT2D eigenvalue weighted by Crippen LogP contribution is -2.23. The quantitative estimate of drug-likeness (QED) is 0.705. The minimum absolute atomic E-state index is 0.248. The first-order valence-electron chi connectivity index (χ1n) is 8.40. The lowest BCUT2D eigenvalue weighted by molar-refractivity contribution is 0.110. The van der Waals surface area contributed by atoms with Crippen molar-refractivity contribution < 1.29 is 13.9 Å². The number of anilines is 1. The van der Waals surface area contributed by atoms with E-state index in [1.165, 1.54) is 12.1 Å². The van der Waals surface area contributed by atoms with Gasteiger partial charge in [0.05, 0.1) is 26.5 Å². The van der Waals surface area contributed by atoms with Gasteiger partial charge in [-0.05, 0) is 42.0 Å². The van der Waals surface area contributed by atoms with E-state index in [2.05, 4.69) is 15.2 Å². The van der Waals surface area contributed by atoms with Gasteiger partial charge >= 0.3 is 0 Å². The standard InChI is InChI=1S/C19H19FN4O2/c1-25-17-8-6-16(7-9-17)24-10-11-26-19(24)18-13-23(22-21-18)12-14-2-4-15(20)5-3-14/h2-9,13,19H,10-12H2,1H3. The average Bonchev–Trinajstić information content (AvgIpc) is 3.33. The molecule has 134 valence electrons. The normalized spacial score (nSPS) is 16.8. The highest BCUT2D eigenvalue weighted by Gasteiger charge is 2.29. The van der Waals surface area contributed by atoms with Crippen LogP contribution in [0, 0.1) is 5.82 Å². The average molecular weight is 354 g/mol. The van der Waals surface area contributed by atoms with E-state index in [0.29, 0.717) is 13.2 Å². The molecule has 3 aromatic rings. The van der Waals surface area contributed by atoms with Gasteiger partial charge in [-0.1, -0.05) is 17.3 Å². The third-order valence-corrected chi connectivity index (χ3v) is 4.36. The summed E-state index contributed by atoms with van der Waals surface area (Å²) in [5, 5.41) is 8.45. The van der Waals surface area contributed by atoms with Gasteiger partial charge in [0.15, 0.2) is 6.23 Å². The van der Waals surface area contributed by atoms with Crippen LogP contribution in [0.15, 0.2) is 54.7 Å². The maximum Gasteiger partial charge on any atom is 0.177 e. The second-order valence-electron chi connectivity index (χ2n) is 6.08. The summed E-state index contributed by atoms with van der Waals surface area (Å²) in [5.41, 5.74) is 2.75. The van der Waals surface area contributed by atoms with Crippen LogP contribution in [0.5, 0.6) is 5.75 Å². The molecule has 1 fully saturated rings. The van der Waals surface area contributed by atoms with Gasteiger partial charge in [-0.15, -0.1) is 5.10 Å². The van der Waals surface area contributed by atoms with E-state index in [-0.39, 0.29) is 12.0 Å². The molecule has 2 aromatic carbocycles. The third kappa shape index (κ3) is 3.39. The smallest absolute Gasteiger partial charge is 0.177 e. The molecule has 1 aliphatic heterocycles. The van der Waals surface area contributed by atoms with Gasteiger partial charge in [-0.25, -0.2) is 9.07 Å². The Kier molecular flexibility index (Phi) is 4.53. The van der Waals surface area contributed by atoms with Gasteiger partial charge in [0, 0.05) is 12.2 Å². The van der Waals surface area contributed by atoms with Gasteiger partial charge in [0.2, 0.25) is 0 Å². The summed E-state index contributed by atoms with van der Waals surface area (Å²) in [6.07, 6.45) is 1.60. The fraction of sp³-hybridized carbons (Fsp3) is 0.263. The highest BCUT2D eigenvalue weighted by Crippen LogP contribution is 2.31. The Labute approximate surface area is 150 Å². The molecular weight excluding hydrogens is 335 g/mol. The Morgan fingerprint density at radius 3 is 2.65 bits per heavy atom. The van der Waals surface area contributed by atoms with Crippen molar-refractivity contribution in [2.45, 2.75) is 12.8 Å². The molecule has 1 unspecified atom stereocenters. The number of benzene rings is 2. The first-order valence-corrected chi connectivity index (χ1v) is 8.40. The maximum absolute atomic E-state index is 13.0. The van der Waals surface area contributed by atoms with Crippen LogP contribution < -0.4 is 9.64 Å². The summed E-state index contributed by atoms with van der Waals surface area (Å²) < 4.78 is 25.8. The molecule has 7 heteroatoms. The summed E-state index contributed by atoms with van der Waals surface area (Å²) in [5.74, 6) is 0.568. The van der Waals surface area contributed by atoms with Crippen LogP contribution in [0.1, 0.15) is 17.5 Å². The Balaban J connectivity index is 1.51. The van der Waals surface area contributed by atoms with Gasteiger partial charge in [0.1, 0.15) is 17.3 Å². The highest BCUT2D eigenvalue weighted by molar-refractivity contribution is 5.50. The number of hydrogen-bond donors (Lipinski definition) is 0. The first-order chi connectivity index (χ1) is 12.7. The van der Waals surface area contributed by atoms with Crippen molar-refractivity contribution in [1.29, 1.82) is 0 Å². The topological polar surface area (TPSA) is 52.4 Å². The molecule has 0 bridgehead atoms. The molecule has 0 aliphatic carbocycles. The second kappa shape index (κ2) is 7.13. The number of methoxy groups -OCH3 is 1. The first kappa shape index (κ1) is 16.5. The molecule has 1 saturated heterocycles. The largest absolute Gasteiger partial charge is 0.497 e. The molecule has 6 nitrogen and oxygen atoms in total. The second-order valence-corrected chi connectivity index (χ2v) is 6.08. The summed E-state index contributed by atoms with van der Waals surface area (Å²) in [7, 11) is 1.65. The third-order valence-electron chi connectivity index (χ3n) is 4.36. The molecule has 0 radical (unpaired) electrons. The number of rotatable bonds is 5. The van der Waals surface area contributed by atoms with Crippen LogP contribution in [0.3, 0.4) is 0 Å². The predicted molar refractivity (Wildman–Crippen MR) is 94.6 cm³/mol. The summed E-state index contributed by atoms with van der Waals surface area (Å²) in [4.78, 5) is 2.14. The van der Waals surface area contributed by atoms with Crippen molar-refractivity contribution in [2.75, 3.05) is 25.2 Å². The van der Waals surface area contributed by atoms with Crippen LogP contribution in [-0.4, -0.2) is 35.3 Å². The molecule has 0 amide bonds. The fourth-order valence-corrected chi connectivity index (χ4v) is 3.03. The molecule has 2 heterocycles. The SMILES string of the molecule is COc1ccc(N2CCOC2c2cn(Cc3ccc(F)cc3)nn2)cc1. The molecular formula is C19H19FN4O2. The molecule has 0 spiro atoms. The van der Waals surface area contributed by atoms with E-state index in [1.807, 2.05) is 30.5 Å². The van der Waals surface area contributed by atoms with Gasteiger partial charge in [0.25, 0.3) is 0 Å². The van der Waals surface area contributed by atoms with E-state index in [1.54, 1.807) is 23.9 Å². The summed E-state index contributed by atoms with van der Waals surface area (Å²) >= 11 is 0. The number of ether oxygens (including phenoxy) is 2. The van der Waals surface area contributed by atoms with E-state index in [0.717, 1.165) is 29.2 Å². The van der Waals surface area contributed by atoms with Gasteiger partial charge in [-0.3, -0.25) is 0 Å². The minimum Gasteiger partial charge on any atom is -0.497 e. The fourth-order valence-electron chi connectivity index (χ4n) is 3.03. The Bertz CT molecular complexity index is 864. The van der Waals surface area contributed by atoms with E-state index < -0.39 is 0 Å². The van der Waals surface area contributed by atoms with Crippen LogP contribution in [0.4, 0.5) is 10.1 Å². The van der Waals surface area contributed by atoms with Crippen LogP contribution in [0.2, 0.25) is 0 Å². The van der Waals surface area contributed by atoms with Crippen LogP contribution in [-0.2, 0) is 11.3 Å². The van der Waals surface area contributed by atoms with Crippen molar-refractivity contribution in [2.24, 2.45) is 0 Å². The maximum atomic E-state index is 13.0. The van der Waals surface area contributed by atoms with Crippen LogP contribution >= 0.6 is 0 Å².